The molecule has 1 fully saturated rings. The van der Waals surface area contributed by atoms with Gasteiger partial charge in [0.1, 0.15) is 5.82 Å². The van der Waals surface area contributed by atoms with E-state index in [1.165, 1.54) is 6.07 Å². The molecular weight excluding hydrogens is 299 g/mol. The first-order chi connectivity index (χ1) is 11.1. The van der Waals surface area contributed by atoms with Crippen LogP contribution in [-0.2, 0) is 9.47 Å². The van der Waals surface area contributed by atoms with Crippen molar-refractivity contribution in [2.45, 2.75) is 25.0 Å². The Kier molecular flexibility index (Phi) is 5.35. The molecule has 2 atom stereocenters. The summed E-state index contributed by atoms with van der Waals surface area (Å²) in [5.74, 6) is -0.238. The van der Waals surface area contributed by atoms with Crippen molar-refractivity contribution in [1.29, 1.82) is 0 Å². The molecule has 0 bridgehead atoms. The quantitative estimate of drug-likeness (QED) is 0.862. The second-order valence-corrected chi connectivity index (χ2v) is 6.33. The number of ether oxygens (including phenoxy) is 2. The molecule has 1 N–H and O–H groups in total. The molecule has 23 heavy (non-hydrogen) atoms. The van der Waals surface area contributed by atoms with Gasteiger partial charge in [-0.3, -0.25) is 0 Å². The third-order valence-corrected chi connectivity index (χ3v) is 4.46. The summed E-state index contributed by atoms with van der Waals surface area (Å²) in [5.41, 5.74) is 1.82. The van der Waals surface area contributed by atoms with Gasteiger partial charge in [-0.25, -0.2) is 4.39 Å². The van der Waals surface area contributed by atoms with Crippen molar-refractivity contribution < 1.29 is 19.0 Å². The number of anilines is 2. The maximum Gasteiger partial charge on any atom is 0.125 e. The zero-order chi connectivity index (χ0) is 16.2. The maximum atomic E-state index is 13.4. The molecule has 1 aromatic carbocycles. The van der Waals surface area contributed by atoms with Crippen LogP contribution >= 0.6 is 0 Å². The van der Waals surface area contributed by atoms with Gasteiger partial charge in [0.25, 0.3) is 0 Å². The van der Waals surface area contributed by atoms with Crippen LogP contribution in [-0.4, -0.2) is 63.8 Å². The highest BCUT2D eigenvalue weighted by Crippen LogP contribution is 2.32. The number of rotatable bonds is 6. The molecule has 128 valence electrons. The van der Waals surface area contributed by atoms with Crippen molar-refractivity contribution in [3.05, 3.63) is 24.0 Å². The highest BCUT2D eigenvalue weighted by molar-refractivity contribution is 5.73. The average molecular weight is 324 g/mol. The number of hydrogen-bond donors (Lipinski definition) is 1. The van der Waals surface area contributed by atoms with E-state index in [0.717, 1.165) is 43.9 Å². The predicted octanol–water partition coefficient (Wildman–Crippen LogP) is 1.64. The van der Waals surface area contributed by atoms with Gasteiger partial charge in [0.05, 0.1) is 36.8 Å². The molecule has 3 rings (SSSR count). The van der Waals surface area contributed by atoms with E-state index in [0.29, 0.717) is 19.8 Å². The molecular formula is C17H25FN2O3. The minimum atomic E-state index is -0.572. The van der Waals surface area contributed by atoms with Crippen LogP contribution in [0.5, 0.6) is 0 Å². The summed E-state index contributed by atoms with van der Waals surface area (Å²) in [4.78, 5) is 4.13. The fourth-order valence-corrected chi connectivity index (χ4v) is 3.19. The van der Waals surface area contributed by atoms with Gasteiger partial charge in [0.2, 0.25) is 0 Å². The fourth-order valence-electron chi connectivity index (χ4n) is 3.19. The highest BCUT2D eigenvalue weighted by Gasteiger charge is 2.23. The summed E-state index contributed by atoms with van der Waals surface area (Å²) in [5, 5.41) is 10.2. The minimum absolute atomic E-state index is 0.175. The maximum absolute atomic E-state index is 13.4. The molecule has 5 nitrogen and oxygen atoms in total. The SMILES string of the molecule is CN1CCN(CC(O)COCC2CCCO2)c2ccc(F)cc21. The second-order valence-electron chi connectivity index (χ2n) is 6.33. The summed E-state index contributed by atoms with van der Waals surface area (Å²) in [6, 6.07) is 4.79. The van der Waals surface area contributed by atoms with Gasteiger partial charge < -0.3 is 24.4 Å². The van der Waals surface area contributed by atoms with Crippen LogP contribution in [0, 0.1) is 5.82 Å². The Morgan fingerprint density at radius 1 is 1.39 bits per heavy atom. The van der Waals surface area contributed by atoms with Crippen molar-refractivity contribution >= 4 is 11.4 Å². The lowest BCUT2D eigenvalue weighted by atomic mass is 10.1. The Morgan fingerprint density at radius 2 is 2.26 bits per heavy atom. The van der Waals surface area contributed by atoms with Crippen molar-refractivity contribution in [3.63, 3.8) is 0 Å². The van der Waals surface area contributed by atoms with E-state index in [-0.39, 0.29) is 11.9 Å². The third-order valence-electron chi connectivity index (χ3n) is 4.46. The summed E-state index contributed by atoms with van der Waals surface area (Å²) in [6.45, 7) is 3.74. The van der Waals surface area contributed by atoms with Crippen molar-refractivity contribution in [2.75, 3.05) is 56.3 Å². The van der Waals surface area contributed by atoms with Gasteiger partial charge in [0.15, 0.2) is 0 Å². The number of benzene rings is 1. The van der Waals surface area contributed by atoms with Crippen molar-refractivity contribution in [1.82, 2.24) is 0 Å². The predicted molar refractivity (Wildman–Crippen MR) is 87.7 cm³/mol. The van der Waals surface area contributed by atoms with Crippen LogP contribution in [0.4, 0.5) is 15.8 Å². The Bertz CT molecular complexity index is 523. The third kappa shape index (κ3) is 4.13. The molecule has 0 aromatic heterocycles. The molecule has 0 saturated carbocycles. The zero-order valence-corrected chi connectivity index (χ0v) is 13.6. The van der Waals surface area contributed by atoms with Gasteiger partial charge in [-0.15, -0.1) is 0 Å². The molecule has 0 aliphatic carbocycles. The Morgan fingerprint density at radius 3 is 3.04 bits per heavy atom. The molecule has 1 aromatic rings. The molecule has 2 heterocycles. The van der Waals surface area contributed by atoms with E-state index in [1.807, 2.05) is 11.9 Å². The summed E-state index contributed by atoms with van der Waals surface area (Å²) >= 11 is 0. The Hall–Kier alpha value is -1.37. The summed E-state index contributed by atoms with van der Waals surface area (Å²) < 4.78 is 24.5. The standard InChI is InChI=1S/C17H25FN2O3/c1-19-6-7-20(16-5-4-13(18)9-17(16)19)10-14(21)11-22-12-15-3-2-8-23-15/h4-5,9,14-15,21H,2-3,6-8,10-12H2,1H3. The molecule has 2 aliphatic heterocycles. The molecule has 2 unspecified atom stereocenters. The molecule has 2 aliphatic rings. The topological polar surface area (TPSA) is 45.2 Å². The minimum Gasteiger partial charge on any atom is -0.389 e. The van der Waals surface area contributed by atoms with Crippen LogP contribution < -0.4 is 9.80 Å². The number of fused-ring (bicyclic) bond motifs is 1. The molecule has 1 saturated heterocycles. The summed E-state index contributed by atoms with van der Waals surface area (Å²) in [7, 11) is 1.96. The van der Waals surface area contributed by atoms with E-state index in [2.05, 4.69) is 4.90 Å². The van der Waals surface area contributed by atoms with E-state index < -0.39 is 6.10 Å². The van der Waals surface area contributed by atoms with Gasteiger partial charge >= 0.3 is 0 Å². The van der Waals surface area contributed by atoms with Gasteiger partial charge in [-0.1, -0.05) is 0 Å². The number of β-amino-alcohol motifs (C(OH)–C–C–N with tert-alkyl or cyclic N) is 1. The lowest BCUT2D eigenvalue weighted by Crippen LogP contribution is -2.43. The number of nitrogens with zero attached hydrogens (tertiary/aromatic N) is 2. The molecule has 6 heteroatoms. The zero-order valence-electron chi connectivity index (χ0n) is 13.6. The van der Waals surface area contributed by atoms with Crippen LogP contribution in [0.15, 0.2) is 18.2 Å². The van der Waals surface area contributed by atoms with Crippen LogP contribution in [0.3, 0.4) is 0 Å². The highest BCUT2D eigenvalue weighted by atomic mass is 19.1. The van der Waals surface area contributed by atoms with E-state index in [9.17, 15) is 9.50 Å². The first kappa shape index (κ1) is 16.5. The number of hydrogen-bond acceptors (Lipinski definition) is 5. The fraction of sp³-hybridized carbons (Fsp3) is 0.647. The van der Waals surface area contributed by atoms with Crippen LogP contribution in [0.2, 0.25) is 0 Å². The van der Waals surface area contributed by atoms with E-state index in [4.69, 9.17) is 9.47 Å². The van der Waals surface area contributed by atoms with E-state index in [1.54, 1.807) is 12.1 Å². The average Bonchev–Trinajstić information content (AvgIpc) is 3.04. The number of aliphatic hydroxyl groups excluding tert-OH is 1. The van der Waals surface area contributed by atoms with Gasteiger partial charge in [-0.2, -0.15) is 0 Å². The number of halogens is 1. The molecule has 0 amide bonds. The second kappa shape index (κ2) is 7.47. The van der Waals surface area contributed by atoms with Crippen LogP contribution in [0.25, 0.3) is 0 Å². The smallest absolute Gasteiger partial charge is 0.125 e. The molecule has 0 radical (unpaired) electrons. The Balaban J connectivity index is 1.52. The normalized spacial score (nSPS) is 22.3. The first-order valence-electron chi connectivity index (χ1n) is 8.26. The van der Waals surface area contributed by atoms with Crippen molar-refractivity contribution in [3.8, 4) is 0 Å². The van der Waals surface area contributed by atoms with Crippen molar-refractivity contribution in [2.24, 2.45) is 0 Å². The Labute approximate surface area is 136 Å². The lowest BCUT2D eigenvalue weighted by Gasteiger charge is -2.38. The van der Waals surface area contributed by atoms with Crippen LogP contribution in [0.1, 0.15) is 12.8 Å². The van der Waals surface area contributed by atoms with E-state index >= 15 is 0 Å². The van der Waals surface area contributed by atoms with Gasteiger partial charge in [-0.05, 0) is 31.0 Å². The number of aliphatic hydroxyl groups is 1. The lowest BCUT2D eigenvalue weighted by molar-refractivity contribution is -0.0149. The molecule has 0 spiro atoms. The largest absolute Gasteiger partial charge is 0.389 e. The first-order valence-corrected chi connectivity index (χ1v) is 8.26. The monoisotopic (exact) mass is 324 g/mol. The summed E-state index contributed by atoms with van der Waals surface area (Å²) in [6.07, 6.45) is 1.73. The van der Waals surface area contributed by atoms with Gasteiger partial charge in [0, 0.05) is 33.3 Å². The number of likely N-dealkylation sites (N-methyl/N-ethyl adjacent to an activating group) is 1.